The molecular formula is C32H32BrFN2O7. The number of hydrogen-bond donors (Lipinski definition) is 1. The monoisotopic (exact) mass is 654 g/mol. The van der Waals surface area contributed by atoms with E-state index in [1.54, 1.807) is 42.5 Å². The summed E-state index contributed by atoms with van der Waals surface area (Å²) in [5.41, 5.74) is 1.62. The lowest BCUT2D eigenvalue weighted by Crippen LogP contribution is -2.53. The van der Waals surface area contributed by atoms with Crippen molar-refractivity contribution in [3.63, 3.8) is 0 Å². The Balaban J connectivity index is 1.58. The molecule has 1 saturated heterocycles. The van der Waals surface area contributed by atoms with Gasteiger partial charge in [0, 0.05) is 0 Å². The van der Waals surface area contributed by atoms with Crippen molar-refractivity contribution in [2.45, 2.75) is 40.3 Å². The van der Waals surface area contributed by atoms with Gasteiger partial charge in [0.15, 0.2) is 23.0 Å². The molecule has 0 aromatic heterocycles. The van der Waals surface area contributed by atoms with Crippen molar-refractivity contribution in [3.05, 3.63) is 87.2 Å². The third-order valence-electron chi connectivity index (χ3n) is 6.24. The molecule has 11 heteroatoms. The largest absolute Gasteiger partial charge is 0.490 e. The van der Waals surface area contributed by atoms with Crippen molar-refractivity contribution in [2.75, 3.05) is 19.8 Å². The summed E-state index contributed by atoms with van der Waals surface area (Å²) in [5, 5.41) is 2.25. The van der Waals surface area contributed by atoms with Crippen LogP contribution in [0.4, 0.5) is 9.18 Å². The Hall–Kier alpha value is -4.38. The summed E-state index contributed by atoms with van der Waals surface area (Å²) in [6.45, 7) is 6.98. The summed E-state index contributed by atoms with van der Waals surface area (Å²) >= 11 is 3.49. The second kappa shape index (κ2) is 14.7. The SMILES string of the molecule is CCCOc1ccc(CN2C(=O)NC(=O)/C(=C\c3cc(Br)c(OCc4ccc(F)cc4)c(OCC)c3)C2=O)cc1OCC. The Bertz CT molecular complexity index is 1520. The van der Waals surface area contributed by atoms with Crippen molar-refractivity contribution in [1.29, 1.82) is 0 Å². The molecule has 0 saturated carbocycles. The molecule has 4 amide bonds. The summed E-state index contributed by atoms with van der Waals surface area (Å²) < 4.78 is 36.9. The molecule has 0 unspecified atom stereocenters. The van der Waals surface area contributed by atoms with Crippen molar-refractivity contribution >= 4 is 39.9 Å². The molecule has 3 aromatic carbocycles. The van der Waals surface area contributed by atoms with Crippen LogP contribution in [0.3, 0.4) is 0 Å². The highest BCUT2D eigenvalue weighted by Crippen LogP contribution is 2.38. The maximum atomic E-state index is 13.4. The molecule has 0 aliphatic carbocycles. The molecule has 1 fully saturated rings. The van der Waals surface area contributed by atoms with Gasteiger partial charge in [-0.25, -0.2) is 9.18 Å². The van der Waals surface area contributed by atoms with Crippen molar-refractivity contribution in [1.82, 2.24) is 10.2 Å². The third kappa shape index (κ3) is 7.92. The highest BCUT2D eigenvalue weighted by Gasteiger charge is 2.36. The first kappa shape index (κ1) is 31.6. The highest BCUT2D eigenvalue weighted by molar-refractivity contribution is 9.10. The van der Waals surface area contributed by atoms with Crippen LogP contribution in [0, 0.1) is 5.82 Å². The Morgan fingerprint density at radius 2 is 1.53 bits per heavy atom. The first-order chi connectivity index (χ1) is 20.7. The van der Waals surface area contributed by atoms with E-state index in [2.05, 4.69) is 21.2 Å². The third-order valence-corrected chi connectivity index (χ3v) is 6.82. The van der Waals surface area contributed by atoms with Crippen LogP contribution >= 0.6 is 15.9 Å². The van der Waals surface area contributed by atoms with Gasteiger partial charge in [-0.15, -0.1) is 0 Å². The van der Waals surface area contributed by atoms with Gasteiger partial charge in [-0.05, 0) is 95.4 Å². The van der Waals surface area contributed by atoms with Crippen LogP contribution < -0.4 is 24.3 Å². The number of benzene rings is 3. The molecule has 9 nitrogen and oxygen atoms in total. The Kier molecular flexibility index (Phi) is 10.8. The molecule has 0 radical (unpaired) electrons. The molecule has 226 valence electrons. The Labute approximate surface area is 257 Å². The molecule has 43 heavy (non-hydrogen) atoms. The van der Waals surface area contributed by atoms with Crippen LogP contribution in [0.2, 0.25) is 0 Å². The second-order valence-corrected chi connectivity index (χ2v) is 10.3. The molecular weight excluding hydrogens is 623 g/mol. The van der Waals surface area contributed by atoms with Gasteiger partial charge >= 0.3 is 6.03 Å². The van der Waals surface area contributed by atoms with E-state index in [0.717, 1.165) is 16.9 Å². The van der Waals surface area contributed by atoms with Crippen molar-refractivity contribution in [2.24, 2.45) is 0 Å². The lowest BCUT2D eigenvalue weighted by atomic mass is 10.1. The lowest BCUT2D eigenvalue weighted by molar-refractivity contribution is -0.130. The second-order valence-electron chi connectivity index (χ2n) is 9.45. The minimum absolute atomic E-state index is 0.0898. The molecule has 1 aliphatic heterocycles. The number of hydrogen-bond acceptors (Lipinski definition) is 7. The molecule has 1 N–H and O–H groups in total. The maximum absolute atomic E-state index is 13.4. The fourth-order valence-corrected chi connectivity index (χ4v) is 4.82. The van der Waals surface area contributed by atoms with Gasteiger partial charge in [0.25, 0.3) is 11.8 Å². The van der Waals surface area contributed by atoms with E-state index >= 15 is 0 Å². The van der Waals surface area contributed by atoms with Crippen molar-refractivity contribution in [3.8, 4) is 23.0 Å². The van der Waals surface area contributed by atoms with Gasteiger partial charge in [-0.3, -0.25) is 19.8 Å². The smallest absolute Gasteiger partial charge is 0.331 e. The lowest BCUT2D eigenvalue weighted by Gasteiger charge is -2.26. The predicted octanol–water partition coefficient (Wildman–Crippen LogP) is 6.42. The summed E-state index contributed by atoms with van der Waals surface area (Å²) in [6.07, 6.45) is 2.22. The van der Waals surface area contributed by atoms with Gasteiger partial charge in [0.2, 0.25) is 0 Å². The summed E-state index contributed by atoms with van der Waals surface area (Å²) in [7, 11) is 0. The van der Waals surface area contributed by atoms with Gasteiger partial charge < -0.3 is 18.9 Å². The normalized spacial score (nSPS) is 14.1. The minimum atomic E-state index is -0.822. The van der Waals surface area contributed by atoms with E-state index in [1.165, 1.54) is 18.2 Å². The molecule has 3 aromatic rings. The first-order valence-electron chi connectivity index (χ1n) is 13.8. The zero-order valence-corrected chi connectivity index (χ0v) is 25.7. The van der Waals surface area contributed by atoms with E-state index < -0.39 is 17.8 Å². The number of carbonyl (C=O) groups is 3. The zero-order chi connectivity index (χ0) is 30.9. The van der Waals surface area contributed by atoms with Gasteiger partial charge in [-0.2, -0.15) is 0 Å². The topological polar surface area (TPSA) is 103 Å². The average Bonchev–Trinajstić information content (AvgIpc) is 2.98. The number of rotatable bonds is 13. The van der Waals surface area contributed by atoms with E-state index in [9.17, 15) is 18.8 Å². The number of nitrogens with one attached hydrogen (secondary N) is 1. The minimum Gasteiger partial charge on any atom is -0.490 e. The fraction of sp³-hybridized carbons (Fsp3) is 0.281. The van der Waals surface area contributed by atoms with Gasteiger partial charge in [0.05, 0.1) is 30.8 Å². The highest BCUT2D eigenvalue weighted by atomic mass is 79.9. The molecule has 0 spiro atoms. The first-order valence-corrected chi connectivity index (χ1v) is 14.6. The van der Waals surface area contributed by atoms with Gasteiger partial charge in [0.1, 0.15) is 18.0 Å². The summed E-state index contributed by atoms with van der Waals surface area (Å²) in [6, 6.07) is 13.6. The number of carbonyl (C=O) groups excluding carboxylic acids is 3. The van der Waals surface area contributed by atoms with E-state index in [-0.39, 0.29) is 24.5 Å². The number of barbiturate groups is 1. The quantitative estimate of drug-likeness (QED) is 0.168. The summed E-state index contributed by atoms with van der Waals surface area (Å²) in [5.74, 6) is -0.0565. The molecule has 1 aliphatic rings. The van der Waals surface area contributed by atoms with Crippen LogP contribution in [0.25, 0.3) is 6.08 Å². The Morgan fingerprint density at radius 1 is 0.837 bits per heavy atom. The van der Waals surface area contributed by atoms with Crippen LogP contribution in [-0.2, 0) is 22.7 Å². The van der Waals surface area contributed by atoms with E-state index in [4.69, 9.17) is 18.9 Å². The number of urea groups is 1. The molecule has 4 rings (SSSR count). The molecule has 0 atom stereocenters. The van der Waals surface area contributed by atoms with Crippen LogP contribution in [0.5, 0.6) is 23.0 Å². The number of amides is 4. The van der Waals surface area contributed by atoms with Crippen LogP contribution in [0.1, 0.15) is 43.9 Å². The van der Waals surface area contributed by atoms with E-state index in [1.807, 2.05) is 20.8 Å². The average molecular weight is 656 g/mol. The van der Waals surface area contributed by atoms with E-state index in [0.29, 0.717) is 58.4 Å². The van der Waals surface area contributed by atoms with Crippen LogP contribution in [0.15, 0.2) is 64.6 Å². The number of nitrogens with zero attached hydrogens (tertiary/aromatic N) is 1. The van der Waals surface area contributed by atoms with Crippen molar-refractivity contribution < 1.29 is 37.7 Å². The van der Waals surface area contributed by atoms with Gasteiger partial charge in [-0.1, -0.05) is 25.1 Å². The molecule has 1 heterocycles. The standard InChI is InChI=1S/C32H32BrFN2O7/c1-4-13-42-26-12-9-21(16-27(26)40-5-2)18-36-31(38)24(30(37)35-32(36)39)14-22-15-25(33)29(28(17-22)41-6-3)43-19-20-7-10-23(34)11-8-20/h7-12,14-17H,4-6,13,18-19H2,1-3H3,(H,35,37,39)/b24-14+. The number of imide groups is 2. The fourth-order valence-electron chi connectivity index (χ4n) is 4.25. The predicted molar refractivity (Wildman–Crippen MR) is 162 cm³/mol. The number of halogens is 2. The Morgan fingerprint density at radius 3 is 2.23 bits per heavy atom. The zero-order valence-electron chi connectivity index (χ0n) is 24.1. The molecule has 0 bridgehead atoms. The van der Waals surface area contributed by atoms with Crippen LogP contribution in [-0.4, -0.2) is 42.6 Å². The summed E-state index contributed by atoms with van der Waals surface area (Å²) in [4.78, 5) is 39.9. The maximum Gasteiger partial charge on any atom is 0.331 e. The number of ether oxygens (including phenoxy) is 4.